The highest BCUT2D eigenvalue weighted by Gasteiger charge is 2.31. The topological polar surface area (TPSA) is 93.2 Å². The number of hydrogen-bond donors (Lipinski definition) is 2. The Morgan fingerprint density at radius 3 is 2.59 bits per heavy atom. The molecule has 2 amide bonds. The molecule has 1 aliphatic heterocycles. The van der Waals surface area contributed by atoms with Crippen LogP contribution in [0.25, 0.3) is 11.3 Å². The smallest absolute Gasteiger partial charge is 0.272 e. The molecule has 4 rings (SSSR count). The Bertz CT molecular complexity index is 1190. The molecule has 166 valence electrons. The summed E-state index contributed by atoms with van der Waals surface area (Å²) in [5.74, 6) is -1.13. The van der Waals surface area contributed by atoms with Crippen LogP contribution in [-0.2, 0) is 17.9 Å². The lowest BCUT2D eigenvalue weighted by Gasteiger charge is -2.31. The molecule has 0 spiro atoms. The molecule has 32 heavy (non-hydrogen) atoms. The number of rotatable bonds is 5. The first-order valence-electron chi connectivity index (χ1n) is 10.2. The fourth-order valence-corrected chi connectivity index (χ4v) is 4.02. The Balaban J connectivity index is 1.67. The summed E-state index contributed by atoms with van der Waals surface area (Å²) >= 11 is 5.90. The first-order valence-corrected chi connectivity index (χ1v) is 10.6. The second-order valence-corrected chi connectivity index (χ2v) is 8.31. The van der Waals surface area contributed by atoms with Crippen LogP contribution in [0.15, 0.2) is 42.5 Å². The summed E-state index contributed by atoms with van der Waals surface area (Å²) in [6.45, 7) is 4.73. The Hall–Kier alpha value is -3.23. The molecule has 0 bridgehead atoms. The number of fused-ring (bicyclic) bond motifs is 1. The van der Waals surface area contributed by atoms with Gasteiger partial charge in [-0.2, -0.15) is 5.10 Å². The van der Waals surface area contributed by atoms with Crippen LogP contribution >= 0.6 is 11.6 Å². The second-order valence-electron chi connectivity index (χ2n) is 7.91. The van der Waals surface area contributed by atoms with Crippen molar-refractivity contribution in [3.05, 3.63) is 70.1 Å². The lowest BCUT2D eigenvalue weighted by molar-refractivity contribution is -0.114. The number of halogens is 2. The maximum Gasteiger partial charge on any atom is 0.272 e. The molecule has 1 aromatic heterocycles. The third kappa shape index (κ3) is 4.24. The first kappa shape index (κ1) is 22.0. The Labute approximate surface area is 190 Å². The highest BCUT2D eigenvalue weighted by molar-refractivity contribution is 6.31. The van der Waals surface area contributed by atoms with E-state index in [1.54, 1.807) is 15.6 Å². The maximum atomic E-state index is 14.2. The van der Waals surface area contributed by atoms with Crippen LogP contribution in [0, 0.1) is 5.82 Å². The van der Waals surface area contributed by atoms with E-state index in [9.17, 15) is 14.0 Å². The summed E-state index contributed by atoms with van der Waals surface area (Å²) in [7, 11) is 0. The normalized spacial score (nSPS) is 15.6. The van der Waals surface area contributed by atoms with Crippen molar-refractivity contribution in [3.63, 3.8) is 0 Å². The number of nitrogens with one attached hydrogen (secondary N) is 1. The van der Waals surface area contributed by atoms with Crippen LogP contribution in [0.5, 0.6) is 0 Å². The summed E-state index contributed by atoms with van der Waals surface area (Å²) in [5, 5.41) is 7.09. The number of benzene rings is 2. The molecule has 3 aromatic rings. The van der Waals surface area contributed by atoms with E-state index in [-0.39, 0.29) is 22.9 Å². The van der Waals surface area contributed by atoms with Gasteiger partial charge in [0.1, 0.15) is 11.5 Å². The summed E-state index contributed by atoms with van der Waals surface area (Å²) in [4.78, 5) is 26.6. The number of nitrogens with two attached hydrogens (primary N) is 1. The molecule has 9 heteroatoms. The summed E-state index contributed by atoms with van der Waals surface area (Å²) in [6.07, 6.45) is 0. The number of carbonyl (C=O) groups excluding carboxylic acids is 2. The molecule has 1 aliphatic rings. The molecule has 2 heterocycles. The molecule has 0 radical (unpaired) electrons. The van der Waals surface area contributed by atoms with E-state index in [4.69, 9.17) is 17.3 Å². The minimum atomic E-state index is -0.635. The van der Waals surface area contributed by atoms with E-state index in [1.165, 1.54) is 19.1 Å². The number of aromatic nitrogens is 2. The summed E-state index contributed by atoms with van der Waals surface area (Å²) < 4.78 is 15.9. The molecule has 0 fully saturated rings. The molecule has 0 unspecified atom stereocenters. The van der Waals surface area contributed by atoms with Gasteiger partial charge in [0.25, 0.3) is 5.91 Å². The predicted molar refractivity (Wildman–Crippen MR) is 121 cm³/mol. The van der Waals surface area contributed by atoms with Crippen molar-refractivity contribution in [2.24, 2.45) is 5.73 Å². The first-order chi connectivity index (χ1) is 15.3. The average Bonchev–Trinajstić information content (AvgIpc) is 3.20. The van der Waals surface area contributed by atoms with Crippen LogP contribution < -0.4 is 11.1 Å². The molecule has 0 saturated carbocycles. The molecule has 0 saturated heterocycles. The van der Waals surface area contributed by atoms with Gasteiger partial charge in [-0.3, -0.25) is 14.3 Å². The minimum Gasteiger partial charge on any atom is -0.331 e. The van der Waals surface area contributed by atoms with Crippen molar-refractivity contribution >= 4 is 29.1 Å². The van der Waals surface area contributed by atoms with E-state index in [0.717, 1.165) is 11.1 Å². The third-order valence-electron chi connectivity index (χ3n) is 5.42. The monoisotopic (exact) mass is 455 g/mol. The van der Waals surface area contributed by atoms with Gasteiger partial charge >= 0.3 is 0 Å². The van der Waals surface area contributed by atoms with Gasteiger partial charge < -0.3 is 16.0 Å². The number of nitrogens with zero attached hydrogens (tertiary/aromatic N) is 3. The quantitative estimate of drug-likeness (QED) is 0.608. The van der Waals surface area contributed by atoms with Gasteiger partial charge in [0.05, 0.1) is 22.4 Å². The zero-order valence-corrected chi connectivity index (χ0v) is 18.5. The standard InChI is InChI=1S/C23H23ClFN5O2/c1-13-11-29(12-16-5-3-15(10-26)4-6-16)23(32)22-9-21(28-30(13)22)17-7-19(25)18(24)8-20(17)27-14(2)31/h3-9,13H,10-12,26H2,1-2H3,(H,27,31)/t13-/m0/s1. The van der Waals surface area contributed by atoms with E-state index in [0.29, 0.717) is 42.3 Å². The highest BCUT2D eigenvalue weighted by atomic mass is 35.5. The van der Waals surface area contributed by atoms with Gasteiger partial charge in [0.2, 0.25) is 5.91 Å². The van der Waals surface area contributed by atoms with E-state index in [2.05, 4.69) is 10.4 Å². The molecule has 2 aromatic carbocycles. The molecular weight excluding hydrogens is 433 g/mol. The lowest BCUT2D eigenvalue weighted by Crippen LogP contribution is -2.41. The zero-order valence-electron chi connectivity index (χ0n) is 17.7. The number of anilines is 1. The van der Waals surface area contributed by atoms with Gasteiger partial charge in [-0.1, -0.05) is 35.9 Å². The van der Waals surface area contributed by atoms with Crippen LogP contribution in [0.3, 0.4) is 0 Å². The summed E-state index contributed by atoms with van der Waals surface area (Å²) in [5.41, 5.74) is 9.16. The minimum absolute atomic E-state index is 0.0823. The lowest BCUT2D eigenvalue weighted by atomic mass is 10.1. The largest absolute Gasteiger partial charge is 0.331 e. The van der Waals surface area contributed by atoms with Crippen molar-refractivity contribution in [1.29, 1.82) is 0 Å². The van der Waals surface area contributed by atoms with Crippen molar-refractivity contribution < 1.29 is 14.0 Å². The van der Waals surface area contributed by atoms with E-state index in [1.807, 2.05) is 31.2 Å². The van der Waals surface area contributed by atoms with Crippen molar-refractivity contribution in [1.82, 2.24) is 14.7 Å². The van der Waals surface area contributed by atoms with Gasteiger partial charge in [-0.05, 0) is 36.2 Å². The predicted octanol–water partition coefficient (Wildman–Crippen LogP) is 3.98. The fraction of sp³-hybridized carbons (Fsp3) is 0.261. The Kier molecular flexibility index (Phi) is 5.99. The molecular formula is C23H23ClFN5O2. The van der Waals surface area contributed by atoms with Crippen molar-refractivity contribution in [3.8, 4) is 11.3 Å². The third-order valence-corrected chi connectivity index (χ3v) is 5.71. The average molecular weight is 456 g/mol. The molecule has 1 atom stereocenters. The van der Waals surface area contributed by atoms with E-state index < -0.39 is 5.82 Å². The van der Waals surface area contributed by atoms with Crippen LogP contribution in [0.2, 0.25) is 5.02 Å². The van der Waals surface area contributed by atoms with Crippen LogP contribution in [-0.4, -0.2) is 33.0 Å². The van der Waals surface area contributed by atoms with Crippen LogP contribution in [0.1, 0.15) is 41.5 Å². The second kappa shape index (κ2) is 8.72. The molecule has 0 aliphatic carbocycles. The van der Waals surface area contributed by atoms with Gasteiger partial charge in [-0.25, -0.2) is 4.39 Å². The SMILES string of the molecule is CC(=O)Nc1cc(Cl)c(F)cc1-c1cc2n(n1)[C@@H](C)CN(Cc1ccc(CN)cc1)C2=O. The maximum absolute atomic E-state index is 14.2. The van der Waals surface area contributed by atoms with Crippen molar-refractivity contribution in [2.45, 2.75) is 33.0 Å². The Morgan fingerprint density at radius 2 is 1.94 bits per heavy atom. The van der Waals surface area contributed by atoms with Gasteiger partial charge in [0, 0.05) is 32.1 Å². The fourth-order valence-electron chi connectivity index (χ4n) is 3.85. The molecule has 7 nitrogen and oxygen atoms in total. The number of amides is 2. The number of carbonyl (C=O) groups is 2. The van der Waals surface area contributed by atoms with Gasteiger partial charge in [-0.15, -0.1) is 0 Å². The number of hydrogen-bond acceptors (Lipinski definition) is 4. The van der Waals surface area contributed by atoms with Gasteiger partial charge in [0.15, 0.2) is 0 Å². The van der Waals surface area contributed by atoms with Crippen LogP contribution in [0.4, 0.5) is 10.1 Å². The molecule has 3 N–H and O–H groups in total. The highest BCUT2D eigenvalue weighted by Crippen LogP contribution is 2.34. The van der Waals surface area contributed by atoms with E-state index >= 15 is 0 Å². The Morgan fingerprint density at radius 1 is 1.25 bits per heavy atom. The zero-order chi connectivity index (χ0) is 23.0. The van der Waals surface area contributed by atoms with Crippen molar-refractivity contribution in [2.75, 3.05) is 11.9 Å². The summed E-state index contributed by atoms with van der Waals surface area (Å²) in [6, 6.07) is 11.9.